The highest BCUT2D eigenvalue weighted by atomic mass is 16.6. The minimum atomic E-state index is -0.588. The van der Waals surface area contributed by atoms with Crippen LogP contribution < -0.4 is 5.32 Å². The van der Waals surface area contributed by atoms with Gasteiger partial charge in [0.25, 0.3) is 0 Å². The zero-order valence-electron chi connectivity index (χ0n) is 13.4. The Balaban J connectivity index is 1.46. The van der Waals surface area contributed by atoms with E-state index in [0.29, 0.717) is 5.92 Å². The van der Waals surface area contributed by atoms with Crippen LogP contribution in [0.25, 0.3) is 0 Å². The van der Waals surface area contributed by atoms with Crippen molar-refractivity contribution in [3.63, 3.8) is 0 Å². The Hall–Kier alpha value is -2.04. The lowest BCUT2D eigenvalue weighted by Crippen LogP contribution is -2.58. The highest BCUT2D eigenvalue weighted by Crippen LogP contribution is 2.32. The fraction of sp³-hybridized carbons (Fsp3) is 0.556. The fourth-order valence-corrected chi connectivity index (χ4v) is 3.26. The average Bonchev–Trinajstić information content (AvgIpc) is 2.59. The van der Waals surface area contributed by atoms with Crippen LogP contribution in [-0.4, -0.2) is 24.2 Å². The van der Waals surface area contributed by atoms with Crippen LogP contribution in [0.2, 0.25) is 0 Å². The number of hydrogen-bond acceptors (Lipinski definition) is 4. The maximum atomic E-state index is 11.7. The van der Waals surface area contributed by atoms with Crippen LogP contribution in [0.1, 0.15) is 56.1 Å². The predicted molar refractivity (Wildman–Crippen MR) is 84.9 cm³/mol. The second-order valence-corrected chi connectivity index (χ2v) is 6.42. The predicted octanol–water partition coefficient (Wildman–Crippen LogP) is 3.27. The van der Waals surface area contributed by atoms with Gasteiger partial charge < -0.3 is 14.8 Å². The summed E-state index contributed by atoms with van der Waals surface area (Å²) in [5.74, 6) is 0.263. The van der Waals surface area contributed by atoms with Crippen molar-refractivity contribution >= 4 is 12.1 Å². The maximum absolute atomic E-state index is 11.7. The third-order valence-corrected chi connectivity index (χ3v) is 4.72. The second-order valence-electron chi connectivity index (χ2n) is 6.42. The molecule has 1 saturated heterocycles. The van der Waals surface area contributed by atoms with Gasteiger partial charge in [-0.1, -0.05) is 43.5 Å². The minimum absolute atomic E-state index is 0.201. The summed E-state index contributed by atoms with van der Waals surface area (Å²) in [5, 5.41) is 2.51. The molecule has 1 amide bonds. The largest absolute Gasteiger partial charge is 0.458 e. The molecule has 2 atom stereocenters. The van der Waals surface area contributed by atoms with Gasteiger partial charge in [0.1, 0.15) is 12.7 Å². The van der Waals surface area contributed by atoms with Gasteiger partial charge in [-0.05, 0) is 36.8 Å². The number of ether oxygens (including phenoxy) is 2. The summed E-state index contributed by atoms with van der Waals surface area (Å²) in [5.41, 5.74) is 2.33. The molecule has 0 spiro atoms. The minimum Gasteiger partial charge on any atom is -0.458 e. The maximum Gasteiger partial charge on any atom is 0.408 e. The van der Waals surface area contributed by atoms with E-state index in [1.807, 2.05) is 12.1 Å². The Morgan fingerprint density at radius 2 is 1.91 bits per heavy atom. The number of hydrogen-bond donors (Lipinski definition) is 1. The SMILES string of the molecule is CC1OC(=O)C1NC(=O)OCc1ccc(C2CCCCC2)cc1. The molecule has 2 unspecified atom stereocenters. The first-order chi connectivity index (χ1) is 11.1. The molecule has 0 radical (unpaired) electrons. The summed E-state index contributed by atoms with van der Waals surface area (Å²) < 4.78 is 9.94. The fourth-order valence-electron chi connectivity index (χ4n) is 3.26. The van der Waals surface area contributed by atoms with Crippen LogP contribution in [-0.2, 0) is 20.9 Å². The number of benzene rings is 1. The first kappa shape index (κ1) is 15.8. The number of carbonyl (C=O) groups is 2. The quantitative estimate of drug-likeness (QED) is 0.866. The highest BCUT2D eigenvalue weighted by molar-refractivity contribution is 5.86. The van der Waals surface area contributed by atoms with Crippen LogP contribution in [0.3, 0.4) is 0 Å². The van der Waals surface area contributed by atoms with E-state index in [0.717, 1.165) is 5.56 Å². The zero-order valence-corrected chi connectivity index (χ0v) is 13.4. The monoisotopic (exact) mass is 317 g/mol. The summed E-state index contributed by atoms with van der Waals surface area (Å²) >= 11 is 0. The molecule has 124 valence electrons. The Kier molecular flexibility index (Phi) is 4.84. The van der Waals surface area contributed by atoms with Crippen LogP contribution in [0.4, 0.5) is 4.79 Å². The second kappa shape index (κ2) is 7.02. The molecule has 1 aromatic carbocycles. The van der Waals surface area contributed by atoms with E-state index in [4.69, 9.17) is 9.47 Å². The number of carbonyl (C=O) groups excluding carboxylic acids is 2. The van der Waals surface area contributed by atoms with E-state index in [9.17, 15) is 9.59 Å². The first-order valence-corrected chi connectivity index (χ1v) is 8.36. The van der Waals surface area contributed by atoms with Gasteiger partial charge in [0.2, 0.25) is 0 Å². The summed E-state index contributed by atoms with van der Waals surface area (Å²) in [6.45, 7) is 1.93. The molecule has 3 rings (SSSR count). The first-order valence-electron chi connectivity index (χ1n) is 8.36. The number of esters is 1. The van der Waals surface area contributed by atoms with E-state index >= 15 is 0 Å². The molecule has 5 nitrogen and oxygen atoms in total. The van der Waals surface area contributed by atoms with E-state index in [2.05, 4.69) is 17.4 Å². The van der Waals surface area contributed by atoms with Crippen LogP contribution in [0.15, 0.2) is 24.3 Å². The van der Waals surface area contributed by atoms with Crippen LogP contribution >= 0.6 is 0 Å². The molecular formula is C18H23NO4. The molecule has 1 aliphatic carbocycles. The molecule has 23 heavy (non-hydrogen) atoms. The third kappa shape index (κ3) is 3.84. The topological polar surface area (TPSA) is 64.6 Å². The summed E-state index contributed by atoms with van der Waals surface area (Å²) in [6.07, 6.45) is 5.65. The molecule has 1 N–H and O–H groups in total. The lowest BCUT2D eigenvalue weighted by Gasteiger charge is -2.32. The van der Waals surface area contributed by atoms with E-state index < -0.39 is 18.1 Å². The van der Waals surface area contributed by atoms with Gasteiger partial charge in [-0.25, -0.2) is 9.59 Å². The van der Waals surface area contributed by atoms with E-state index in [1.165, 1.54) is 37.7 Å². The van der Waals surface area contributed by atoms with Crippen LogP contribution in [0.5, 0.6) is 0 Å². The van der Waals surface area contributed by atoms with Crippen molar-refractivity contribution in [3.8, 4) is 0 Å². The van der Waals surface area contributed by atoms with Gasteiger partial charge in [0.15, 0.2) is 6.04 Å². The Bertz CT molecular complexity index is 563. The lowest BCUT2D eigenvalue weighted by molar-refractivity contribution is -0.174. The van der Waals surface area contributed by atoms with Gasteiger partial charge in [0.05, 0.1) is 0 Å². The van der Waals surface area contributed by atoms with Gasteiger partial charge in [-0.2, -0.15) is 0 Å². The van der Waals surface area contributed by atoms with Crippen molar-refractivity contribution in [3.05, 3.63) is 35.4 Å². The van der Waals surface area contributed by atoms with Crippen molar-refractivity contribution in [2.45, 2.75) is 63.7 Å². The molecule has 1 aliphatic heterocycles. The normalized spacial score (nSPS) is 24.5. The standard InChI is InChI=1S/C18H23NO4/c1-12-16(17(20)23-12)19-18(21)22-11-13-7-9-15(10-8-13)14-5-3-2-4-6-14/h7-10,12,14,16H,2-6,11H2,1H3,(H,19,21). The highest BCUT2D eigenvalue weighted by Gasteiger charge is 2.40. The number of cyclic esters (lactones) is 1. The van der Waals surface area contributed by atoms with Crippen molar-refractivity contribution < 1.29 is 19.1 Å². The van der Waals surface area contributed by atoms with Crippen molar-refractivity contribution in [1.29, 1.82) is 0 Å². The van der Waals surface area contributed by atoms with E-state index in [1.54, 1.807) is 6.92 Å². The number of rotatable bonds is 4. The smallest absolute Gasteiger partial charge is 0.408 e. The molecule has 0 bridgehead atoms. The molecule has 1 saturated carbocycles. The third-order valence-electron chi connectivity index (χ3n) is 4.72. The molecule has 1 heterocycles. The summed E-state index contributed by atoms with van der Waals surface area (Å²) in [7, 11) is 0. The Labute approximate surface area is 136 Å². The Morgan fingerprint density at radius 1 is 1.22 bits per heavy atom. The zero-order chi connectivity index (χ0) is 16.2. The van der Waals surface area contributed by atoms with E-state index in [-0.39, 0.29) is 12.7 Å². The summed E-state index contributed by atoms with van der Waals surface area (Å²) in [6, 6.07) is 7.71. The molecule has 2 fully saturated rings. The summed E-state index contributed by atoms with van der Waals surface area (Å²) in [4.78, 5) is 22.8. The van der Waals surface area contributed by atoms with Crippen LogP contribution in [0, 0.1) is 0 Å². The average molecular weight is 317 g/mol. The van der Waals surface area contributed by atoms with Gasteiger partial charge in [-0.3, -0.25) is 0 Å². The number of amides is 1. The lowest BCUT2D eigenvalue weighted by atomic mass is 9.84. The molecule has 5 heteroatoms. The van der Waals surface area contributed by atoms with Crippen molar-refractivity contribution in [2.24, 2.45) is 0 Å². The molecule has 0 aromatic heterocycles. The number of alkyl carbamates (subject to hydrolysis) is 1. The number of nitrogens with one attached hydrogen (secondary N) is 1. The van der Waals surface area contributed by atoms with Gasteiger partial charge in [0, 0.05) is 0 Å². The van der Waals surface area contributed by atoms with Gasteiger partial charge >= 0.3 is 12.1 Å². The van der Waals surface area contributed by atoms with Gasteiger partial charge in [-0.15, -0.1) is 0 Å². The molecular weight excluding hydrogens is 294 g/mol. The molecule has 2 aliphatic rings. The molecule has 1 aromatic rings. The Morgan fingerprint density at radius 3 is 2.52 bits per heavy atom. The van der Waals surface area contributed by atoms with Crippen molar-refractivity contribution in [1.82, 2.24) is 5.32 Å². The van der Waals surface area contributed by atoms with Crippen molar-refractivity contribution in [2.75, 3.05) is 0 Å².